The number of hydrogen-bond acceptors (Lipinski definition) is 5. The van der Waals surface area contributed by atoms with Crippen molar-refractivity contribution < 1.29 is 9.59 Å². The summed E-state index contributed by atoms with van der Waals surface area (Å²) in [5.41, 5.74) is 3.20. The molecule has 0 aliphatic heterocycles. The lowest BCUT2D eigenvalue weighted by molar-refractivity contribution is 0.0962. The molecule has 0 unspecified atom stereocenters. The molecule has 162 valence electrons. The van der Waals surface area contributed by atoms with E-state index in [1.54, 1.807) is 43.7 Å². The quantitative estimate of drug-likeness (QED) is 0.563. The topological polar surface area (TPSA) is 101 Å². The highest BCUT2D eigenvalue weighted by Gasteiger charge is 2.22. The number of carbonyl (C=O) groups excluding carboxylic acids is 2. The van der Waals surface area contributed by atoms with Crippen LogP contribution in [0.25, 0.3) is 11.0 Å². The molecule has 1 saturated carbocycles. The van der Waals surface area contributed by atoms with Crippen LogP contribution in [0.5, 0.6) is 0 Å². The third-order valence-corrected chi connectivity index (χ3v) is 5.80. The molecular weight excluding hydrogens is 392 g/mol. The first-order valence-electron chi connectivity index (χ1n) is 10.8. The van der Waals surface area contributed by atoms with Crippen molar-refractivity contribution >= 4 is 34.2 Å². The number of hydrogen-bond donors (Lipinski definition) is 3. The number of carbonyl (C=O) groups is 2. The number of fused-ring (bicyclic) bond motifs is 1. The van der Waals surface area contributed by atoms with Crippen molar-refractivity contribution in [2.24, 2.45) is 0 Å². The Bertz CT molecular complexity index is 1080. The van der Waals surface area contributed by atoms with E-state index in [4.69, 9.17) is 0 Å². The largest absolute Gasteiger partial charge is 0.381 e. The van der Waals surface area contributed by atoms with Crippen molar-refractivity contribution in [1.29, 1.82) is 0 Å². The van der Waals surface area contributed by atoms with Gasteiger partial charge in [-0.25, -0.2) is 9.67 Å². The molecule has 1 aliphatic carbocycles. The molecule has 1 aromatic carbocycles. The molecule has 0 bridgehead atoms. The van der Waals surface area contributed by atoms with Crippen LogP contribution in [0.4, 0.5) is 11.4 Å². The van der Waals surface area contributed by atoms with Crippen LogP contribution in [0.15, 0.2) is 36.7 Å². The maximum atomic E-state index is 13.2. The first-order chi connectivity index (χ1) is 15.1. The van der Waals surface area contributed by atoms with Gasteiger partial charge in [-0.15, -0.1) is 0 Å². The molecule has 0 radical (unpaired) electrons. The lowest BCUT2D eigenvalue weighted by Gasteiger charge is -2.25. The van der Waals surface area contributed by atoms with Gasteiger partial charge in [0.05, 0.1) is 22.8 Å². The minimum atomic E-state index is -0.246. The summed E-state index contributed by atoms with van der Waals surface area (Å²) >= 11 is 0. The summed E-state index contributed by atoms with van der Waals surface area (Å²) in [5, 5.41) is 14.4. The van der Waals surface area contributed by atoms with Gasteiger partial charge in [0, 0.05) is 37.1 Å². The molecular formula is C23H28N6O2. The zero-order chi connectivity index (χ0) is 21.8. The lowest BCUT2D eigenvalue weighted by atomic mass is 9.95. The van der Waals surface area contributed by atoms with Gasteiger partial charge in [0.15, 0.2) is 5.65 Å². The average Bonchev–Trinajstić information content (AvgIpc) is 3.23. The van der Waals surface area contributed by atoms with Gasteiger partial charge in [-0.2, -0.15) is 5.10 Å². The molecule has 8 heteroatoms. The third-order valence-electron chi connectivity index (χ3n) is 5.80. The predicted octanol–water partition coefficient (Wildman–Crippen LogP) is 3.81. The highest BCUT2D eigenvalue weighted by Crippen LogP contribution is 2.30. The van der Waals surface area contributed by atoms with Gasteiger partial charge in [-0.3, -0.25) is 9.59 Å². The van der Waals surface area contributed by atoms with E-state index in [9.17, 15) is 9.59 Å². The summed E-state index contributed by atoms with van der Waals surface area (Å²) in [4.78, 5) is 29.4. The maximum Gasteiger partial charge on any atom is 0.259 e. The van der Waals surface area contributed by atoms with E-state index in [1.165, 1.54) is 19.3 Å². The fourth-order valence-electron chi connectivity index (χ4n) is 4.08. The Morgan fingerprint density at radius 1 is 1.06 bits per heavy atom. The average molecular weight is 421 g/mol. The van der Waals surface area contributed by atoms with Gasteiger partial charge in [0.2, 0.25) is 0 Å². The molecule has 2 amide bonds. The van der Waals surface area contributed by atoms with E-state index in [1.807, 2.05) is 11.6 Å². The number of rotatable bonds is 6. The fraction of sp³-hybridized carbons (Fsp3) is 0.391. The van der Waals surface area contributed by atoms with Crippen LogP contribution in [-0.2, 0) is 6.54 Å². The number of nitrogens with zero attached hydrogens (tertiary/aromatic N) is 3. The van der Waals surface area contributed by atoms with Crippen molar-refractivity contribution in [1.82, 2.24) is 20.1 Å². The van der Waals surface area contributed by atoms with Crippen molar-refractivity contribution in [3.8, 4) is 0 Å². The Balaban J connectivity index is 1.64. The van der Waals surface area contributed by atoms with Crippen molar-refractivity contribution in [2.75, 3.05) is 17.7 Å². The minimum Gasteiger partial charge on any atom is -0.381 e. The molecule has 4 rings (SSSR count). The van der Waals surface area contributed by atoms with Gasteiger partial charge >= 0.3 is 0 Å². The first kappa shape index (κ1) is 20.8. The van der Waals surface area contributed by atoms with Crippen molar-refractivity contribution in [3.05, 3.63) is 47.8 Å². The molecule has 3 N–H and O–H groups in total. The summed E-state index contributed by atoms with van der Waals surface area (Å²) in [5.74, 6) is -0.413. The molecule has 8 nitrogen and oxygen atoms in total. The third kappa shape index (κ3) is 4.38. The van der Waals surface area contributed by atoms with Crippen LogP contribution in [0, 0.1) is 0 Å². The van der Waals surface area contributed by atoms with Gasteiger partial charge in [-0.05, 0) is 44.0 Å². The second kappa shape index (κ2) is 9.16. The van der Waals surface area contributed by atoms with Crippen LogP contribution >= 0.6 is 0 Å². The lowest BCUT2D eigenvalue weighted by Crippen LogP contribution is -2.25. The van der Waals surface area contributed by atoms with Crippen LogP contribution in [0.1, 0.15) is 59.7 Å². The number of amides is 2. The second-order valence-corrected chi connectivity index (χ2v) is 7.83. The SMILES string of the molecule is CCn1ncc2c(NC3CCCCC3)c(C(=O)Nc3ccc(C(=O)NC)cc3)cnc21. The highest BCUT2D eigenvalue weighted by molar-refractivity contribution is 6.12. The number of aryl methyl sites for hydroxylation is 1. The summed E-state index contributed by atoms with van der Waals surface area (Å²) in [6.07, 6.45) is 9.23. The maximum absolute atomic E-state index is 13.2. The van der Waals surface area contributed by atoms with Gasteiger partial charge in [0.25, 0.3) is 11.8 Å². The molecule has 1 aliphatic rings. The second-order valence-electron chi connectivity index (χ2n) is 7.83. The molecule has 3 aromatic rings. The van der Waals surface area contributed by atoms with E-state index in [0.29, 0.717) is 29.4 Å². The number of benzene rings is 1. The van der Waals surface area contributed by atoms with Crippen LogP contribution < -0.4 is 16.0 Å². The number of nitrogens with one attached hydrogen (secondary N) is 3. The molecule has 0 saturated heterocycles. The van der Waals surface area contributed by atoms with Crippen LogP contribution in [-0.4, -0.2) is 39.7 Å². The first-order valence-corrected chi connectivity index (χ1v) is 10.8. The standard InChI is InChI=1S/C23H28N6O2/c1-3-29-21-18(14-26-29)20(27-16-7-5-4-6-8-16)19(13-25-21)23(31)28-17-11-9-15(10-12-17)22(30)24-2/h9-14,16H,3-8H2,1-2H3,(H,24,30)(H,25,27)(H,28,31). The van der Waals surface area contributed by atoms with Crippen LogP contribution in [0.2, 0.25) is 0 Å². The van der Waals surface area contributed by atoms with E-state index in [0.717, 1.165) is 29.6 Å². The van der Waals surface area contributed by atoms with Gasteiger partial charge in [0.1, 0.15) is 0 Å². The van der Waals surface area contributed by atoms with Gasteiger partial charge in [-0.1, -0.05) is 19.3 Å². The highest BCUT2D eigenvalue weighted by atomic mass is 16.2. The Morgan fingerprint density at radius 3 is 2.48 bits per heavy atom. The predicted molar refractivity (Wildman–Crippen MR) is 121 cm³/mol. The molecule has 31 heavy (non-hydrogen) atoms. The van der Waals surface area contributed by atoms with E-state index in [-0.39, 0.29) is 11.8 Å². The summed E-state index contributed by atoms with van der Waals surface area (Å²) in [6.45, 7) is 2.73. The number of pyridine rings is 1. The number of aromatic nitrogens is 3. The smallest absolute Gasteiger partial charge is 0.259 e. The minimum absolute atomic E-state index is 0.167. The Kier molecular flexibility index (Phi) is 6.16. The van der Waals surface area contributed by atoms with Crippen LogP contribution in [0.3, 0.4) is 0 Å². The molecule has 0 atom stereocenters. The monoisotopic (exact) mass is 420 g/mol. The summed E-state index contributed by atoms with van der Waals surface area (Å²) in [6, 6.07) is 7.14. The van der Waals surface area contributed by atoms with Gasteiger partial charge < -0.3 is 16.0 Å². The van der Waals surface area contributed by atoms with Crippen molar-refractivity contribution in [2.45, 2.75) is 51.6 Å². The Hall–Kier alpha value is -3.42. The molecule has 1 fully saturated rings. The number of anilines is 2. The molecule has 2 heterocycles. The van der Waals surface area contributed by atoms with E-state index in [2.05, 4.69) is 26.0 Å². The van der Waals surface area contributed by atoms with Crippen molar-refractivity contribution in [3.63, 3.8) is 0 Å². The molecule has 0 spiro atoms. The summed E-state index contributed by atoms with van der Waals surface area (Å²) < 4.78 is 1.83. The van der Waals surface area contributed by atoms with E-state index < -0.39 is 0 Å². The van der Waals surface area contributed by atoms with E-state index >= 15 is 0 Å². The Morgan fingerprint density at radius 2 is 1.81 bits per heavy atom. The molecule has 2 aromatic heterocycles. The zero-order valence-electron chi connectivity index (χ0n) is 17.9. The fourth-order valence-corrected chi connectivity index (χ4v) is 4.08. The zero-order valence-corrected chi connectivity index (χ0v) is 17.9. The normalized spacial score (nSPS) is 14.4. The Labute approximate surface area is 181 Å². The summed E-state index contributed by atoms with van der Waals surface area (Å²) in [7, 11) is 1.59.